The van der Waals surface area contributed by atoms with E-state index in [0.717, 1.165) is 35.5 Å². The van der Waals surface area contributed by atoms with Crippen molar-refractivity contribution in [3.63, 3.8) is 0 Å². The summed E-state index contributed by atoms with van der Waals surface area (Å²) in [4.78, 5) is 12.0. The van der Waals surface area contributed by atoms with E-state index in [4.69, 9.17) is 18.9 Å². The van der Waals surface area contributed by atoms with Crippen molar-refractivity contribution in [3.8, 4) is 11.5 Å². The average Bonchev–Trinajstić information content (AvgIpc) is 3.50. The van der Waals surface area contributed by atoms with Gasteiger partial charge in [-0.05, 0) is 56.0 Å². The fourth-order valence-electron chi connectivity index (χ4n) is 3.81. The predicted octanol–water partition coefficient (Wildman–Crippen LogP) is 4.45. The van der Waals surface area contributed by atoms with Gasteiger partial charge in [-0.3, -0.25) is 4.79 Å². The number of hydrogen-bond acceptors (Lipinski definition) is 5. The van der Waals surface area contributed by atoms with Crippen LogP contribution in [0.15, 0.2) is 48.5 Å². The zero-order valence-corrected chi connectivity index (χ0v) is 17.8. The monoisotopic (exact) mass is 410 g/mol. The van der Waals surface area contributed by atoms with Crippen LogP contribution >= 0.6 is 0 Å². The van der Waals surface area contributed by atoms with Crippen LogP contribution in [-0.4, -0.2) is 39.0 Å². The molecule has 30 heavy (non-hydrogen) atoms. The third kappa shape index (κ3) is 4.62. The first-order valence-electron chi connectivity index (χ1n) is 10.7. The van der Waals surface area contributed by atoms with Gasteiger partial charge in [-0.25, -0.2) is 0 Å². The second-order valence-electron chi connectivity index (χ2n) is 8.62. The zero-order chi connectivity index (χ0) is 21.0. The first kappa shape index (κ1) is 20.7. The molecule has 160 valence electrons. The predicted molar refractivity (Wildman–Crippen MR) is 114 cm³/mol. The summed E-state index contributed by atoms with van der Waals surface area (Å²) in [6.07, 6.45) is 2.59. The molecule has 0 spiro atoms. The molecule has 5 heteroatoms. The van der Waals surface area contributed by atoms with E-state index in [0.29, 0.717) is 39.5 Å². The van der Waals surface area contributed by atoms with E-state index < -0.39 is 0 Å². The van der Waals surface area contributed by atoms with Gasteiger partial charge in [0.2, 0.25) is 0 Å². The molecule has 4 rings (SSSR count). The molecule has 1 aliphatic carbocycles. The fraction of sp³-hybridized carbons (Fsp3) is 0.480. The summed E-state index contributed by atoms with van der Waals surface area (Å²) in [7, 11) is 0. The van der Waals surface area contributed by atoms with Crippen LogP contribution in [0.3, 0.4) is 0 Å². The Hall–Kier alpha value is -2.53. The van der Waals surface area contributed by atoms with E-state index in [-0.39, 0.29) is 16.8 Å². The van der Waals surface area contributed by atoms with Crippen LogP contribution < -0.4 is 9.47 Å². The largest absolute Gasteiger partial charge is 0.493 e. The van der Waals surface area contributed by atoms with Crippen molar-refractivity contribution >= 4 is 5.97 Å². The lowest BCUT2D eigenvalue weighted by atomic mass is 9.76. The van der Waals surface area contributed by atoms with E-state index in [9.17, 15) is 4.79 Å². The number of para-hydroxylation sites is 1. The molecule has 5 nitrogen and oxygen atoms in total. The Labute approximate surface area is 178 Å². The van der Waals surface area contributed by atoms with Gasteiger partial charge in [0.1, 0.15) is 11.5 Å². The molecule has 2 aliphatic rings. The second-order valence-corrected chi connectivity index (χ2v) is 8.62. The van der Waals surface area contributed by atoms with E-state index in [1.165, 1.54) is 0 Å². The third-order valence-corrected chi connectivity index (χ3v) is 6.14. The molecule has 1 aliphatic heterocycles. The minimum Gasteiger partial charge on any atom is -0.493 e. The van der Waals surface area contributed by atoms with Crippen molar-refractivity contribution < 1.29 is 23.7 Å². The Morgan fingerprint density at radius 1 is 1.00 bits per heavy atom. The van der Waals surface area contributed by atoms with Gasteiger partial charge in [-0.2, -0.15) is 0 Å². The number of benzene rings is 2. The highest BCUT2D eigenvalue weighted by atomic mass is 16.5. The van der Waals surface area contributed by atoms with Crippen LogP contribution in [0.4, 0.5) is 0 Å². The Balaban J connectivity index is 1.31. The van der Waals surface area contributed by atoms with Crippen LogP contribution in [0.5, 0.6) is 11.5 Å². The van der Waals surface area contributed by atoms with Gasteiger partial charge in [0.15, 0.2) is 0 Å². The molecule has 0 aromatic heterocycles. The number of aryl methyl sites for hydroxylation is 1. The van der Waals surface area contributed by atoms with E-state index >= 15 is 0 Å². The summed E-state index contributed by atoms with van der Waals surface area (Å²) in [5.41, 5.74) is 2.08. The lowest BCUT2D eigenvalue weighted by molar-refractivity contribution is -0.151. The topological polar surface area (TPSA) is 54.0 Å². The summed E-state index contributed by atoms with van der Waals surface area (Å²) in [5.74, 6) is 1.61. The maximum absolute atomic E-state index is 12.0. The number of esters is 1. The second kappa shape index (κ2) is 8.68. The van der Waals surface area contributed by atoms with Gasteiger partial charge in [0, 0.05) is 5.41 Å². The number of rotatable bonds is 10. The minimum absolute atomic E-state index is 0.105. The highest BCUT2D eigenvalue weighted by molar-refractivity contribution is 5.72. The van der Waals surface area contributed by atoms with Gasteiger partial charge in [0.05, 0.1) is 44.9 Å². The Kier molecular flexibility index (Phi) is 6.00. The van der Waals surface area contributed by atoms with Crippen molar-refractivity contribution in [2.75, 3.05) is 33.0 Å². The molecule has 1 saturated carbocycles. The molecule has 0 radical (unpaired) electrons. The lowest BCUT2D eigenvalue weighted by Crippen LogP contribution is -2.48. The van der Waals surface area contributed by atoms with Crippen LogP contribution in [0, 0.1) is 12.3 Å². The molecule has 2 fully saturated rings. The summed E-state index contributed by atoms with van der Waals surface area (Å²) >= 11 is 0. The Bertz CT molecular complexity index is 865. The number of carbonyl (C=O) groups excluding carboxylic acids is 1. The summed E-state index contributed by atoms with van der Waals surface area (Å²) in [6.45, 7) is 6.71. The average molecular weight is 411 g/mol. The lowest BCUT2D eigenvalue weighted by Gasteiger charge is -2.41. The van der Waals surface area contributed by atoms with E-state index in [1.807, 2.05) is 49.4 Å². The fourth-order valence-corrected chi connectivity index (χ4v) is 3.81. The van der Waals surface area contributed by atoms with Gasteiger partial charge < -0.3 is 18.9 Å². The number of hydrogen-bond donors (Lipinski definition) is 0. The SMILES string of the molecule is CCOC(=O)CC1(c2ccc(OCC3(COc4ccccc4C)CC3)cc2)COC1. The molecule has 0 N–H and O–H groups in total. The van der Waals surface area contributed by atoms with Gasteiger partial charge in [0.25, 0.3) is 0 Å². The Morgan fingerprint density at radius 3 is 2.30 bits per heavy atom. The standard InChI is InChI=1S/C25H30O5/c1-3-28-23(26)14-25(17-27-18-25)20-8-10-21(11-9-20)29-15-24(12-13-24)16-30-22-7-5-4-6-19(22)2/h4-11H,3,12-18H2,1-2H3. The molecule has 2 aromatic carbocycles. The summed E-state index contributed by atoms with van der Waals surface area (Å²) in [6, 6.07) is 16.2. The molecular weight excluding hydrogens is 380 g/mol. The quantitative estimate of drug-likeness (QED) is 0.542. The van der Waals surface area contributed by atoms with Crippen LogP contribution in [0.2, 0.25) is 0 Å². The molecule has 0 atom stereocenters. The van der Waals surface area contributed by atoms with Crippen molar-refractivity contribution in [2.45, 2.75) is 38.5 Å². The molecule has 1 saturated heterocycles. The maximum atomic E-state index is 12.0. The summed E-state index contributed by atoms with van der Waals surface area (Å²) < 4.78 is 22.7. The first-order chi connectivity index (χ1) is 14.5. The molecule has 0 bridgehead atoms. The molecule has 0 amide bonds. The van der Waals surface area contributed by atoms with Gasteiger partial charge in [-0.15, -0.1) is 0 Å². The van der Waals surface area contributed by atoms with E-state index in [1.54, 1.807) is 0 Å². The molecule has 2 aromatic rings. The molecule has 0 unspecified atom stereocenters. The van der Waals surface area contributed by atoms with Crippen molar-refractivity contribution in [3.05, 3.63) is 59.7 Å². The number of ether oxygens (including phenoxy) is 4. The zero-order valence-electron chi connectivity index (χ0n) is 17.8. The maximum Gasteiger partial charge on any atom is 0.306 e. The van der Waals surface area contributed by atoms with Crippen molar-refractivity contribution in [2.24, 2.45) is 5.41 Å². The third-order valence-electron chi connectivity index (χ3n) is 6.14. The van der Waals surface area contributed by atoms with Crippen LogP contribution in [0.1, 0.15) is 37.3 Å². The Morgan fingerprint density at radius 2 is 1.70 bits per heavy atom. The minimum atomic E-state index is -0.274. The highest BCUT2D eigenvalue weighted by Crippen LogP contribution is 2.46. The highest BCUT2D eigenvalue weighted by Gasteiger charge is 2.45. The van der Waals surface area contributed by atoms with Gasteiger partial charge in [-0.1, -0.05) is 30.3 Å². The van der Waals surface area contributed by atoms with Crippen molar-refractivity contribution in [1.82, 2.24) is 0 Å². The summed E-state index contributed by atoms with van der Waals surface area (Å²) in [5, 5.41) is 0. The molecule has 1 heterocycles. The molecular formula is C25H30O5. The van der Waals surface area contributed by atoms with Gasteiger partial charge >= 0.3 is 5.97 Å². The number of carbonyl (C=O) groups is 1. The smallest absolute Gasteiger partial charge is 0.306 e. The van der Waals surface area contributed by atoms with Crippen molar-refractivity contribution in [1.29, 1.82) is 0 Å². The van der Waals surface area contributed by atoms with Crippen LogP contribution in [0.25, 0.3) is 0 Å². The van der Waals surface area contributed by atoms with E-state index in [2.05, 4.69) is 13.0 Å². The normalized spacial score (nSPS) is 18.2. The first-order valence-corrected chi connectivity index (χ1v) is 10.7. The van der Waals surface area contributed by atoms with Crippen LogP contribution in [-0.2, 0) is 19.7 Å².